The molecule has 0 amide bonds. The van der Waals surface area contributed by atoms with Gasteiger partial charge in [0.2, 0.25) is 0 Å². The van der Waals surface area contributed by atoms with Gasteiger partial charge in [0.05, 0.1) is 12.2 Å². The van der Waals surface area contributed by atoms with E-state index in [1.54, 1.807) is 0 Å². The van der Waals surface area contributed by atoms with Gasteiger partial charge in [0.15, 0.2) is 0 Å². The minimum absolute atomic E-state index is 0.682. The lowest BCUT2D eigenvalue weighted by Crippen LogP contribution is -2.33. The summed E-state index contributed by atoms with van der Waals surface area (Å²) in [5.74, 6) is 3.93. The standard InChI is InChI=1S/C12H20O/c1-7-3-9-5-11-12(13-11)6-10(9)4-8(7)2/h7-12H,3-6H2,1-2H3. The molecule has 0 spiro atoms. The Bertz CT molecular complexity index is 191. The van der Waals surface area contributed by atoms with E-state index in [-0.39, 0.29) is 0 Å². The first-order valence-corrected chi connectivity index (χ1v) is 5.89. The second kappa shape index (κ2) is 2.73. The minimum atomic E-state index is 0.682. The van der Waals surface area contributed by atoms with E-state index >= 15 is 0 Å². The Labute approximate surface area is 80.8 Å². The molecule has 1 heteroatoms. The monoisotopic (exact) mass is 180 g/mol. The summed E-state index contributed by atoms with van der Waals surface area (Å²) >= 11 is 0. The SMILES string of the molecule is CC1CC2CC3OC3CC2CC1C. The predicted octanol–water partition coefficient (Wildman–Crippen LogP) is 2.85. The Morgan fingerprint density at radius 1 is 0.769 bits per heavy atom. The summed E-state index contributed by atoms with van der Waals surface area (Å²) in [6, 6.07) is 0. The summed E-state index contributed by atoms with van der Waals surface area (Å²) < 4.78 is 5.64. The lowest BCUT2D eigenvalue weighted by atomic mass is 9.64. The van der Waals surface area contributed by atoms with Crippen LogP contribution in [-0.2, 0) is 4.74 Å². The molecule has 0 aromatic rings. The van der Waals surface area contributed by atoms with Gasteiger partial charge in [-0.2, -0.15) is 0 Å². The number of hydrogen-bond donors (Lipinski definition) is 0. The summed E-state index contributed by atoms with van der Waals surface area (Å²) in [4.78, 5) is 0. The maximum atomic E-state index is 5.64. The molecule has 0 bridgehead atoms. The molecule has 6 atom stereocenters. The minimum Gasteiger partial charge on any atom is -0.370 e. The summed E-state index contributed by atoms with van der Waals surface area (Å²) in [6.07, 6.45) is 7.07. The van der Waals surface area contributed by atoms with Crippen molar-refractivity contribution in [2.45, 2.75) is 51.7 Å². The summed E-state index contributed by atoms with van der Waals surface area (Å²) in [5.41, 5.74) is 0. The molecule has 13 heavy (non-hydrogen) atoms. The summed E-state index contributed by atoms with van der Waals surface area (Å²) in [5, 5.41) is 0. The molecular weight excluding hydrogens is 160 g/mol. The lowest BCUT2D eigenvalue weighted by Gasteiger charge is -2.40. The number of hydrogen-bond acceptors (Lipinski definition) is 1. The van der Waals surface area contributed by atoms with E-state index < -0.39 is 0 Å². The highest BCUT2D eigenvalue weighted by molar-refractivity contribution is 4.98. The van der Waals surface area contributed by atoms with Gasteiger partial charge in [-0.25, -0.2) is 0 Å². The fourth-order valence-electron chi connectivity index (χ4n) is 3.57. The Balaban J connectivity index is 1.72. The highest BCUT2D eigenvalue weighted by Crippen LogP contribution is 2.50. The molecule has 0 aromatic heterocycles. The summed E-state index contributed by atoms with van der Waals surface area (Å²) in [7, 11) is 0. The third-order valence-electron chi connectivity index (χ3n) is 4.74. The van der Waals surface area contributed by atoms with Crippen LogP contribution < -0.4 is 0 Å². The molecule has 0 aromatic carbocycles. The average Bonchev–Trinajstić information content (AvgIpc) is 2.80. The van der Waals surface area contributed by atoms with Crippen molar-refractivity contribution in [3.8, 4) is 0 Å². The second-order valence-electron chi connectivity index (χ2n) is 5.63. The van der Waals surface area contributed by atoms with Crippen molar-refractivity contribution >= 4 is 0 Å². The number of epoxide rings is 1. The third kappa shape index (κ3) is 1.32. The van der Waals surface area contributed by atoms with E-state index in [1.165, 1.54) is 25.7 Å². The van der Waals surface area contributed by atoms with Gasteiger partial charge in [-0.05, 0) is 49.4 Å². The van der Waals surface area contributed by atoms with Crippen molar-refractivity contribution in [1.82, 2.24) is 0 Å². The van der Waals surface area contributed by atoms with Crippen molar-refractivity contribution in [2.24, 2.45) is 23.7 Å². The largest absolute Gasteiger partial charge is 0.370 e. The van der Waals surface area contributed by atoms with Gasteiger partial charge >= 0.3 is 0 Å². The molecule has 0 N–H and O–H groups in total. The predicted molar refractivity (Wildman–Crippen MR) is 52.4 cm³/mol. The second-order valence-corrected chi connectivity index (χ2v) is 5.63. The van der Waals surface area contributed by atoms with Gasteiger partial charge in [-0.3, -0.25) is 0 Å². The Morgan fingerprint density at radius 2 is 1.23 bits per heavy atom. The highest BCUT2D eigenvalue weighted by atomic mass is 16.6. The van der Waals surface area contributed by atoms with Gasteiger partial charge in [0.25, 0.3) is 0 Å². The van der Waals surface area contributed by atoms with E-state index in [9.17, 15) is 0 Å². The molecule has 1 saturated heterocycles. The topological polar surface area (TPSA) is 12.5 Å². The first kappa shape index (κ1) is 8.28. The van der Waals surface area contributed by atoms with E-state index in [4.69, 9.17) is 4.74 Å². The van der Waals surface area contributed by atoms with Crippen LogP contribution in [0.1, 0.15) is 39.5 Å². The molecule has 1 heterocycles. The molecule has 2 aliphatic carbocycles. The van der Waals surface area contributed by atoms with E-state index in [0.29, 0.717) is 12.2 Å². The number of ether oxygens (including phenoxy) is 1. The summed E-state index contributed by atoms with van der Waals surface area (Å²) in [6.45, 7) is 4.86. The normalized spacial score (nSPS) is 59.5. The molecule has 6 unspecified atom stereocenters. The molecule has 3 fully saturated rings. The first-order chi connectivity index (χ1) is 6.24. The molecule has 2 saturated carbocycles. The van der Waals surface area contributed by atoms with Gasteiger partial charge in [-0.1, -0.05) is 13.8 Å². The Hall–Kier alpha value is -0.0400. The Kier molecular flexibility index (Phi) is 1.74. The van der Waals surface area contributed by atoms with Crippen molar-refractivity contribution in [3.63, 3.8) is 0 Å². The van der Waals surface area contributed by atoms with Crippen LogP contribution in [0.3, 0.4) is 0 Å². The molecule has 0 radical (unpaired) electrons. The van der Waals surface area contributed by atoms with Crippen molar-refractivity contribution in [3.05, 3.63) is 0 Å². The maximum Gasteiger partial charge on any atom is 0.0844 e. The van der Waals surface area contributed by atoms with Gasteiger partial charge in [0, 0.05) is 0 Å². The Morgan fingerprint density at radius 3 is 1.69 bits per heavy atom. The van der Waals surface area contributed by atoms with E-state index in [2.05, 4.69) is 13.8 Å². The maximum absolute atomic E-state index is 5.64. The van der Waals surface area contributed by atoms with E-state index in [1.807, 2.05) is 0 Å². The average molecular weight is 180 g/mol. The zero-order valence-electron chi connectivity index (χ0n) is 8.70. The smallest absolute Gasteiger partial charge is 0.0844 e. The van der Waals surface area contributed by atoms with Crippen molar-refractivity contribution in [1.29, 1.82) is 0 Å². The lowest BCUT2D eigenvalue weighted by molar-refractivity contribution is 0.106. The zero-order valence-corrected chi connectivity index (χ0v) is 8.70. The van der Waals surface area contributed by atoms with Crippen LogP contribution in [0.5, 0.6) is 0 Å². The number of fused-ring (bicyclic) bond motifs is 2. The van der Waals surface area contributed by atoms with Gasteiger partial charge in [-0.15, -0.1) is 0 Å². The van der Waals surface area contributed by atoms with E-state index in [0.717, 1.165) is 23.7 Å². The molecule has 1 nitrogen and oxygen atoms in total. The molecule has 74 valence electrons. The van der Waals surface area contributed by atoms with Gasteiger partial charge in [0.1, 0.15) is 0 Å². The number of rotatable bonds is 0. The van der Waals surface area contributed by atoms with Crippen LogP contribution in [0.2, 0.25) is 0 Å². The van der Waals surface area contributed by atoms with Crippen LogP contribution in [-0.4, -0.2) is 12.2 Å². The van der Waals surface area contributed by atoms with Crippen molar-refractivity contribution in [2.75, 3.05) is 0 Å². The first-order valence-electron chi connectivity index (χ1n) is 5.89. The van der Waals surface area contributed by atoms with Crippen LogP contribution >= 0.6 is 0 Å². The van der Waals surface area contributed by atoms with Gasteiger partial charge < -0.3 is 4.74 Å². The van der Waals surface area contributed by atoms with Crippen molar-refractivity contribution < 1.29 is 4.74 Å². The van der Waals surface area contributed by atoms with Crippen LogP contribution in [0, 0.1) is 23.7 Å². The van der Waals surface area contributed by atoms with Crippen LogP contribution in [0.15, 0.2) is 0 Å². The van der Waals surface area contributed by atoms with Crippen LogP contribution in [0.25, 0.3) is 0 Å². The fraction of sp³-hybridized carbons (Fsp3) is 1.00. The quantitative estimate of drug-likeness (QED) is 0.522. The van der Waals surface area contributed by atoms with Crippen LogP contribution in [0.4, 0.5) is 0 Å². The molecule has 3 rings (SSSR count). The molecular formula is C12H20O. The molecule has 1 aliphatic heterocycles. The fourth-order valence-corrected chi connectivity index (χ4v) is 3.57. The molecule has 3 aliphatic rings. The highest BCUT2D eigenvalue weighted by Gasteiger charge is 2.50. The zero-order chi connectivity index (χ0) is 9.00. The third-order valence-corrected chi connectivity index (χ3v) is 4.74.